The number of aromatic nitrogens is 2. The van der Waals surface area contributed by atoms with E-state index in [2.05, 4.69) is 39.7 Å². The molecule has 0 atom stereocenters. The second kappa shape index (κ2) is 6.39. The summed E-state index contributed by atoms with van der Waals surface area (Å²) in [5, 5.41) is 7.95. The molecule has 0 saturated heterocycles. The molecular weight excluding hydrogens is 262 g/mol. The van der Waals surface area contributed by atoms with E-state index < -0.39 is 0 Å². The molecule has 1 fully saturated rings. The van der Waals surface area contributed by atoms with Crippen LogP contribution in [0.5, 0.6) is 0 Å². The third-order valence-electron chi connectivity index (χ3n) is 4.39. The van der Waals surface area contributed by atoms with Crippen molar-refractivity contribution in [1.29, 1.82) is 0 Å². The van der Waals surface area contributed by atoms with Crippen LogP contribution in [0, 0.1) is 6.92 Å². The number of hydrogen-bond donors (Lipinski definition) is 1. The molecule has 0 unspecified atom stereocenters. The summed E-state index contributed by atoms with van der Waals surface area (Å²) in [5.74, 6) is 1.48. The molecule has 3 rings (SSSR count). The van der Waals surface area contributed by atoms with E-state index in [1.165, 1.54) is 31.2 Å². The van der Waals surface area contributed by atoms with Gasteiger partial charge >= 0.3 is 0 Å². The molecule has 1 aromatic heterocycles. The first-order valence-electron chi connectivity index (χ1n) is 7.88. The zero-order chi connectivity index (χ0) is 14.5. The van der Waals surface area contributed by atoms with Gasteiger partial charge in [0.2, 0.25) is 5.89 Å². The second-order valence-corrected chi connectivity index (χ2v) is 5.97. The van der Waals surface area contributed by atoms with Crippen molar-refractivity contribution >= 4 is 0 Å². The average molecular weight is 285 g/mol. The van der Waals surface area contributed by atoms with E-state index in [9.17, 15) is 0 Å². The summed E-state index contributed by atoms with van der Waals surface area (Å²) >= 11 is 0. The van der Waals surface area contributed by atoms with Gasteiger partial charge in [-0.25, -0.2) is 0 Å². The van der Waals surface area contributed by atoms with E-state index in [0.717, 1.165) is 25.2 Å². The van der Waals surface area contributed by atoms with Crippen LogP contribution in [-0.2, 0) is 12.1 Å². The van der Waals surface area contributed by atoms with Crippen molar-refractivity contribution in [3.05, 3.63) is 47.6 Å². The highest BCUT2D eigenvalue weighted by Crippen LogP contribution is 2.34. The number of hydrogen-bond acceptors (Lipinski definition) is 4. The van der Waals surface area contributed by atoms with Crippen molar-refractivity contribution in [1.82, 2.24) is 15.5 Å². The van der Waals surface area contributed by atoms with Gasteiger partial charge in [0.1, 0.15) is 0 Å². The molecule has 1 N–H and O–H groups in total. The van der Waals surface area contributed by atoms with Gasteiger partial charge in [0.25, 0.3) is 0 Å². The Morgan fingerprint density at radius 2 is 1.81 bits per heavy atom. The minimum atomic E-state index is -0.135. The van der Waals surface area contributed by atoms with Crippen molar-refractivity contribution in [2.24, 2.45) is 0 Å². The summed E-state index contributed by atoms with van der Waals surface area (Å²) in [5.41, 5.74) is 1.16. The Hall–Kier alpha value is -1.68. The first-order valence-corrected chi connectivity index (χ1v) is 7.88. The highest BCUT2D eigenvalue weighted by Gasteiger charge is 2.36. The highest BCUT2D eigenvalue weighted by atomic mass is 16.5. The van der Waals surface area contributed by atoms with E-state index in [1.54, 1.807) is 0 Å². The maximum Gasteiger partial charge on any atom is 0.223 e. The molecule has 1 saturated carbocycles. The van der Waals surface area contributed by atoms with Crippen LogP contribution in [-0.4, -0.2) is 10.1 Å². The molecule has 1 aliphatic carbocycles. The summed E-state index contributed by atoms with van der Waals surface area (Å²) < 4.78 is 5.23. The highest BCUT2D eigenvalue weighted by molar-refractivity contribution is 5.16. The first kappa shape index (κ1) is 14.3. The molecule has 0 radical (unpaired) electrons. The van der Waals surface area contributed by atoms with Gasteiger partial charge in [-0.2, -0.15) is 4.98 Å². The number of rotatable bonds is 4. The molecule has 0 amide bonds. The quantitative estimate of drug-likeness (QED) is 0.870. The largest absolute Gasteiger partial charge is 0.340 e. The molecule has 2 aromatic rings. The Kier molecular flexibility index (Phi) is 4.34. The fraction of sp³-hybridized carbons (Fsp3) is 0.529. The summed E-state index contributed by atoms with van der Waals surface area (Å²) in [4.78, 5) is 4.52. The molecule has 1 aromatic carbocycles. The standard InChI is InChI=1S/C17H23N3O/c1-14-19-16(20-21-14)17(11-7-2-3-8-12-17)18-13-15-9-5-4-6-10-15/h4-6,9-10,18H,2-3,7-8,11-13H2,1H3. The third-order valence-corrected chi connectivity index (χ3v) is 4.39. The maximum atomic E-state index is 5.23. The lowest BCUT2D eigenvalue weighted by atomic mass is 9.89. The molecule has 0 aliphatic heterocycles. The Labute approximate surface area is 126 Å². The van der Waals surface area contributed by atoms with E-state index in [4.69, 9.17) is 4.52 Å². The van der Waals surface area contributed by atoms with Gasteiger partial charge in [0, 0.05) is 13.5 Å². The number of aryl methyl sites for hydroxylation is 1. The van der Waals surface area contributed by atoms with Crippen molar-refractivity contribution in [3.63, 3.8) is 0 Å². The predicted molar refractivity (Wildman–Crippen MR) is 81.7 cm³/mol. The lowest BCUT2D eigenvalue weighted by molar-refractivity contribution is 0.258. The lowest BCUT2D eigenvalue weighted by Crippen LogP contribution is -2.42. The van der Waals surface area contributed by atoms with E-state index >= 15 is 0 Å². The zero-order valence-electron chi connectivity index (χ0n) is 12.6. The SMILES string of the molecule is Cc1nc(C2(NCc3ccccc3)CCCCCC2)no1. The maximum absolute atomic E-state index is 5.23. The minimum Gasteiger partial charge on any atom is -0.340 e. The summed E-state index contributed by atoms with van der Waals surface area (Å²) in [7, 11) is 0. The van der Waals surface area contributed by atoms with E-state index in [-0.39, 0.29) is 5.54 Å². The zero-order valence-corrected chi connectivity index (χ0v) is 12.6. The Morgan fingerprint density at radius 3 is 2.43 bits per heavy atom. The third kappa shape index (κ3) is 3.32. The molecule has 0 spiro atoms. The van der Waals surface area contributed by atoms with Crippen molar-refractivity contribution < 1.29 is 4.52 Å². The Morgan fingerprint density at radius 1 is 1.10 bits per heavy atom. The fourth-order valence-corrected chi connectivity index (χ4v) is 3.17. The van der Waals surface area contributed by atoms with Gasteiger partial charge in [-0.05, 0) is 18.4 Å². The summed E-state index contributed by atoms with van der Waals surface area (Å²) in [6, 6.07) is 10.5. The van der Waals surface area contributed by atoms with Crippen LogP contribution in [0.25, 0.3) is 0 Å². The Bertz CT molecular complexity index is 556. The van der Waals surface area contributed by atoms with Crippen LogP contribution in [0.4, 0.5) is 0 Å². The van der Waals surface area contributed by atoms with Crippen LogP contribution in [0.1, 0.15) is 55.8 Å². The van der Waals surface area contributed by atoms with Gasteiger partial charge in [-0.3, -0.25) is 0 Å². The first-order chi connectivity index (χ1) is 10.3. The molecule has 1 heterocycles. The number of benzene rings is 1. The normalized spacial score (nSPS) is 18.3. The molecule has 1 aliphatic rings. The van der Waals surface area contributed by atoms with E-state index in [1.807, 2.05) is 13.0 Å². The fourth-order valence-electron chi connectivity index (χ4n) is 3.17. The molecular formula is C17H23N3O. The average Bonchev–Trinajstić information content (AvgIpc) is 2.82. The molecule has 4 nitrogen and oxygen atoms in total. The topological polar surface area (TPSA) is 51.0 Å². The molecule has 112 valence electrons. The van der Waals surface area contributed by atoms with Crippen molar-refractivity contribution in [3.8, 4) is 0 Å². The van der Waals surface area contributed by atoms with Crippen LogP contribution < -0.4 is 5.32 Å². The number of nitrogens with zero attached hydrogens (tertiary/aromatic N) is 2. The predicted octanol–water partition coefficient (Wildman–Crippen LogP) is 3.72. The number of nitrogens with one attached hydrogen (secondary N) is 1. The van der Waals surface area contributed by atoms with Crippen LogP contribution in [0.3, 0.4) is 0 Å². The van der Waals surface area contributed by atoms with Crippen molar-refractivity contribution in [2.75, 3.05) is 0 Å². The summed E-state index contributed by atoms with van der Waals surface area (Å²) in [6.45, 7) is 2.70. The van der Waals surface area contributed by atoms with Crippen LogP contribution in [0.2, 0.25) is 0 Å². The smallest absolute Gasteiger partial charge is 0.223 e. The second-order valence-electron chi connectivity index (χ2n) is 5.97. The minimum absolute atomic E-state index is 0.135. The molecule has 0 bridgehead atoms. The molecule has 4 heteroatoms. The van der Waals surface area contributed by atoms with Crippen LogP contribution >= 0.6 is 0 Å². The Balaban J connectivity index is 1.81. The van der Waals surface area contributed by atoms with Crippen LogP contribution in [0.15, 0.2) is 34.9 Å². The van der Waals surface area contributed by atoms with Gasteiger partial charge in [0.15, 0.2) is 5.82 Å². The molecule has 21 heavy (non-hydrogen) atoms. The monoisotopic (exact) mass is 285 g/mol. The van der Waals surface area contributed by atoms with Crippen molar-refractivity contribution in [2.45, 2.75) is 57.5 Å². The summed E-state index contributed by atoms with van der Waals surface area (Å²) in [6.07, 6.45) is 7.19. The van der Waals surface area contributed by atoms with Gasteiger partial charge in [0.05, 0.1) is 5.54 Å². The van der Waals surface area contributed by atoms with Gasteiger partial charge < -0.3 is 9.84 Å². The van der Waals surface area contributed by atoms with Gasteiger partial charge in [-0.1, -0.05) is 61.2 Å². The van der Waals surface area contributed by atoms with E-state index in [0.29, 0.717) is 5.89 Å². The van der Waals surface area contributed by atoms with Gasteiger partial charge in [-0.15, -0.1) is 0 Å². The lowest BCUT2D eigenvalue weighted by Gasteiger charge is -2.31.